The van der Waals surface area contributed by atoms with Gasteiger partial charge in [-0.15, -0.1) is 0 Å². The van der Waals surface area contributed by atoms with Crippen LogP contribution >= 0.6 is 0 Å². The number of carbonyl (C=O) groups excluding carboxylic acids is 1. The van der Waals surface area contributed by atoms with Gasteiger partial charge >= 0.3 is 0 Å². The molecule has 0 aromatic heterocycles. The summed E-state index contributed by atoms with van der Waals surface area (Å²) < 4.78 is 0. The summed E-state index contributed by atoms with van der Waals surface area (Å²) in [6, 6.07) is 0.171. The van der Waals surface area contributed by atoms with Crippen molar-refractivity contribution in [1.29, 1.82) is 0 Å². The predicted octanol–water partition coefficient (Wildman–Crippen LogP) is 1.64. The molecule has 0 rings (SSSR count). The van der Waals surface area contributed by atoms with Crippen LogP contribution in [0.1, 0.15) is 20.8 Å². The molecule has 0 heterocycles. The first-order valence-electron chi connectivity index (χ1n) is 3.70. The van der Waals surface area contributed by atoms with Crippen LogP contribution < -0.4 is 5.32 Å². The fourth-order valence-corrected chi connectivity index (χ4v) is 0.632. The van der Waals surface area contributed by atoms with Crippen LogP contribution in [0.15, 0.2) is 24.3 Å². The smallest absolute Gasteiger partial charge is 0.250 e. The first kappa shape index (κ1) is 9.95. The van der Waals surface area contributed by atoms with Gasteiger partial charge in [0, 0.05) is 11.6 Å². The van der Waals surface area contributed by atoms with E-state index in [2.05, 4.69) is 11.9 Å². The molecule has 0 aliphatic heterocycles. The summed E-state index contributed by atoms with van der Waals surface area (Å²) in [5.41, 5.74) is 0.501. The predicted molar refractivity (Wildman–Crippen MR) is 47.2 cm³/mol. The Morgan fingerprint density at radius 2 is 2.09 bits per heavy atom. The third-order valence-electron chi connectivity index (χ3n) is 1.08. The molecule has 0 saturated carbocycles. The Bertz CT molecular complexity index is 180. The van der Waals surface area contributed by atoms with Crippen molar-refractivity contribution < 1.29 is 4.79 Å². The van der Waals surface area contributed by atoms with Crippen LogP contribution in [-0.2, 0) is 4.79 Å². The Kier molecular flexibility index (Phi) is 4.27. The van der Waals surface area contributed by atoms with Crippen LogP contribution in [0.2, 0.25) is 0 Å². The highest BCUT2D eigenvalue weighted by Crippen LogP contribution is 1.93. The number of carbonyl (C=O) groups is 1. The van der Waals surface area contributed by atoms with Gasteiger partial charge in [0.1, 0.15) is 0 Å². The molecule has 1 amide bonds. The largest absolute Gasteiger partial charge is 0.350 e. The van der Waals surface area contributed by atoms with Gasteiger partial charge in [-0.2, -0.15) is 0 Å². The van der Waals surface area contributed by atoms with Crippen molar-refractivity contribution in [2.75, 3.05) is 0 Å². The van der Waals surface area contributed by atoms with E-state index in [1.54, 1.807) is 12.2 Å². The molecular weight excluding hydrogens is 138 g/mol. The molecule has 0 atom stereocenters. The monoisotopic (exact) mass is 153 g/mol. The molecule has 2 nitrogen and oxygen atoms in total. The molecule has 0 fully saturated rings. The third kappa shape index (κ3) is 4.37. The van der Waals surface area contributed by atoms with E-state index in [9.17, 15) is 4.79 Å². The van der Waals surface area contributed by atoms with Gasteiger partial charge in [0.05, 0.1) is 0 Å². The summed E-state index contributed by atoms with van der Waals surface area (Å²) >= 11 is 0. The Balaban J connectivity index is 3.94. The molecule has 0 unspecified atom stereocenters. The van der Waals surface area contributed by atoms with Gasteiger partial charge < -0.3 is 5.32 Å². The second-order valence-corrected chi connectivity index (χ2v) is 2.65. The molecule has 0 spiro atoms. The molecule has 0 saturated heterocycles. The van der Waals surface area contributed by atoms with Crippen molar-refractivity contribution in [1.82, 2.24) is 5.32 Å². The highest BCUT2D eigenvalue weighted by atomic mass is 16.1. The average Bonchev–Trinajstić information content (AvgIpc) is 1.86. The quantitative estimate of drug-likeness (QED) is 0.484. The number of amides is 1. The molecule has 11 heavy (non-hydrogen) atoms. The average molecular weight is 153 g/mol. The van der Waals surface area contributed by atoms with Gasteiger partial charge in [0.2, 0.25) is 0 Å². The molecule has 0 aromatic carbocycles. The maximum absolute atomic E-state index is 11.1. The molecule has 2 heteroatoms. The summed E-state index contributed by atoms with van der Waals surface area (Å²) in [6.45, 7) is 9.29. The lowest BCUT2D eigenvalue weighted by Gasteiger charge is -2.07. The minimum absolute atomic E-state index is 0.0990. The van der Waals surface area contributed by atoms with Gasteiger partial charge in [0.25, 0.3) is 5.91 Å². The molecular formula is C9H15NO. The molecule has 0 aromatic rings. The zero-order chi connectivity index (χ0) is 8.85. The molecule has 0 bridgehead atoms. The summed E-state index contributed by atoms with van der Waals surface area (Å²) in [6.07, 6.45) is 3.49. The summed E-state index contributed by atoms with van der Waals surface area (Å²) in [4.78, 5) is 11.1. The van der Waals surface area contributed by atoms with Crippen LogP contribution in [0, 0.1) is 0 Å². The van der Waals surface area contributed by atoms with E-state index in [1.165, 1.54) is 0 Å². The van der Waals surface area contributed by atoms with Crippen LogP contribution in [0.5, 0.6) is 0 Å². The Morgan fingerprint density at radius 1 is 1.55 bits per heavy atom. The summed E-state index contributed by atoms with van der Waals surface area (Å²) in [5, 5.41) is 2.74. The van der Waals surface area contributed by atoms with Gasteiger partial charge in [-0.05, 0) is 20.8 Å². The zero-order valence-corrected chi connectivity index (χ0v) is 7.35. The number of nitrogens with one attached hydrogen (secondary N) is 1. The second-order valence-electron chi connectivity index (χ2n) is 2.65. The van der Waals surface area contributed by atoms with E-state index in [0.29, 0.717) is 5.57 Å². The maximum Gasteiger partial charge on any atom is 0.250 e. The lowest BCUT2D eigenvalue weighted by molar-refractivity contribution is -0.117. The van der Waals surface area contributed by atoms with Crippen molar-refractivity contribution in [3.05, 3.63) is 24.3 Å². The normalized spacial score (nSPS) is 10.5. The van der Waals surface area contributed by atoms with Gasteiger partial charge in [-0.3, -0.25) is 4.79 Å². The number of rotatable bonds is 3. The van der Waals surface area contributed by atoms with Crippen molar-refractivity contribution >= 4 is 5.91 Å². The van der Waals surface area contributed by atoms with Gasteiger partial charge in [-0.25, -0.2) is 0 Å². The number of allylic oxidation sites excluding steroid dienone is 1. The van der Waals surface area contributed by atoms with Gasteiger partial charge in [0.15, 0.2) is 0 Å². The van der Waals surface area contributed by atoms with E-state index >= 15 is 0 Å². The van der Waals surface area contributed by atoms with Crippen molar-refractivity contribution in [2.24, 2.45) is 0 Å². The van der Waals surface area contributed by atoms with Crippen LogP contribution in [0.3, 0.4) is 0 Å². The van der Waals surface area contributed by atoms with E-state index in [1.807, 2.05) is 20.8 Å². The number of hydrogen-bond donors (Lipinski definition) is 1. The SMILES string of the molecule is C=C(C=CC)C(=O)NC(C)C. The van der Waals surface area contributed by atoms with Crippen LogP contribution in [-0.4, -0.2) is 11.9 Å². The first-order valence-corrected chi connectivity index (χ1v) is 3.70. The first-order chi connectivity index (χ1) is 5.07. The van der Waals surface area contributed by atoms with Crippen LogP contribution in [0.4, 0.5) is 0 Å². The molecule has 1 N–H and O–H groups in total. The highest BCUT2D eigenvalue weighted by Gasteiger charge is 2.03. The second kappa shape index (κ2) is 4.72. The summed E-state index contributed by atoms with van der Waals surface area (Å²) in [5.74, 6) is -0.0990. The topological polar surface area (TPSA) is 29.1 Å². The van der Waals surface area contributed by atoms with E-state index in [-0.39, 0.29) is 11.9 Å². The van der Waals surface area contributed by atoms with E-state index in [4.69, 9.17) is 0 Å². The van der Waals surface area contributed by atoms with E-state index in [0.717, 1.165) is 0 Å². The standard InChI is InChI=1S/C9H15NO/c1-5-6-8(4)9(11)10-7(2)3/h5-7H,4H2,1-3H3,(H,10,11). The Hall–Kier alpha value is -1.05. The summed E-state index contributed by atoms with van der Waals surface area (Å²) in [7, 11) is 0. The zero-order valence-electron chi connectivity index (χ0n) is 7.35. The molecule has 0 aliphatic carbocycles. The van der Waals surface area contributed by atoms with Crippen molar-refractivity contribution in [3.8, 4) is 0 Å². The van der Waals surface area contributed by atoms with Crippen molar-refractivity contribution in [3.63, 3.8) is 0 Å². The fourth-order valence-electron chi connectivity index (χ4n) is 0.632. The number of hydrogen-bond acceptors (Lipinski definition) is 1. The van der Waals surface area contributed by atoms with Gasteiger partial charge in [-0.1, -0.05) is 18.7 Å². The van der Waals surface area contributed by atoms with Crippen LogP contribution in [0.25, 0.3) is 0 Å². The fraction of sp³-hybridized carbons (Fsp3) is 0.444. The third-order valence-corrected chi connectivity index (χ3v) is 1.08. The maximum atomic E-state index is 11.1. The molecule has 0 aliphatic rings. The Morgan fingerprint density at radius 3 is 2.45 bits per heavy atom. The molecule has 62 valence electrons. The highest BCUT2D eigenvalue weighted by molar-refractivity contribution is 5.95. The molecule has 0 radical (unpaired) electrons. The van der Waals surface area contributed by atoms with E-state index < -0.39 is 0 Å². The van der Waals surface area contributed by atoms with Crippen molar-refractivity contribution in [2.45, 2.75) is 26.8 Å². The minimum Gasteiger partial charge on any atom is -0.350 e. The Labute approximate surface area is 68.0 Å². The minimum atomic E-state index is -0.0990. The lowest BCUT2D eigenvalue weighted by Crippen LogP contribution is -2.30. The lowest BCUT2D eigenvalue weighted by atomic mass is 10.2.